The second-order valence-corrected chi connectivity index (χ2v) is 4.04. The molecule has 0 saturated heterocycles. The summed E-state index contributed by atoms with van der Waals surface area (Å²) in [6, 6.07) is 12.4. The number of benzene rings is 1. The van der Waals surface area contributed by atoms with E-state index < -0.39 is 0 Å². The molecule has 1 aromatic heterocycles. The van der Waals surface area contributed by atoms with Gasteiger partial charge in [0, 0.05) is 11.8 Å². The first-order valence-corrected chi connectivity index (χ1v) is 5.79. The highest BCUT2D eigenvalue weighted by Crippen LogP contribution is 2.26. The minimum atomic E-state index is 0.158. The summed E-state index contributed by atoms with van der Waals surface area (Å²) in [6.07, 6.45) is 1.54. The Bertz CT molecular complexity index is 686. The molecule has 0 unspecified atom stereocenters. The maximum Gasteiger partial charge on any atom is 0.147 e. The first-order chi connectivity index (χ1) is 9.26. The lowest BCUT2D eigenvalue weighted by atomic mass is 10.2. The summed E-state index contributed by atoms with van der Waals surface area (Å²) in [4.78, 5) is 3.94. The van der Waals surface area contributed by atoms with Crippen LogP contribution in [-0.4, -0.2) is 4.98 Å². The highest BCUT2D eigenvalue weighted by Gasteiger charge is 2.09. The van der Waals surface area contributed by atoms with Crippen LogP contribution in [0.2, 0.25) is 5.02 Å². The first-order valence-electron chi connectivity index (χ1n) is 5.41. The zero-order chi connectivity index (χ0) is 13.7. The normalized spacial score (nSPS) is 9.42. The van der Waals surface area contributed by atoms with Gasteiger partial charge in [0.25, 0.3) is 0 Å². The number of hydrogen-bond donors (Lipinski definition) is 0. The molecule has 1 aromatic carbocycles. The molecule has 0 spiro atoms. The fraction of sp³-hybridized carbons (Fsp3) is 0.0714. The molecule has 2 rings (SSSR count). The Hall–Kier alpha value is -2.56. The van der Waals surface area contributed by atoms with Crippen molar-refractivity contribution in [3.05, 3.63) is 58.4 Å². The van der Waals surface area contributed by atoms with Crippen LogP contribution in [0.1, 0.15) is 16.8 Å². The first kappa shape index (κ1) is 12.9. The van der Waals surface area contributed by atoms with Crippen LogP contribution < -0.4 is 4.74 Å². The van der Waals surface area contributed by atoms with Gasteiger partial charge in [-0.05, 0) is 18.2 Å². The molecule has 5 heteroatoms. The zero-order valence-corrected chi connectivity index (χ0v) is 10.6. The van der Waals surface area contributed by atoms with Gasteiger partial charge in [0.1, 0.15) is 35.8 Å². The van der Waals surface area contributed by atoms with Crippen LogP contribution in [0.4, 0.5) is 0 Å². The third-order valence-electron chi connectivity index (χ3n) is 2.47. The molecule has 0 saturated carbocycles. The van der Waals surface area contributed by atoms with Gasteiger partial charge in [-0.3, -0.25) is 0 Å². The van der Waals surface area contributed by atoms with Gasteiger partial charge in [0.15, 0.2) is 0 Å². The van der Waals surface area contributed by atoms with Crippen molar-refractivity contribution in [2.45, 2.75) is 6.61 Å². The van der Waals surface area contributed by atoms with Crippen molar-refractivity contribution in [1.29, 1.82) is 10.5 Å². The Morgan fingerprint density at radius 1 is 1.16 bits per heavy atom. The predicted octanol–water partition coefficient (Wildman–Crippen LogP) is 3.06. The quantitative estimate of drug-likeness (QED) is 0.859. The molecular weight excluding hydrogens is 262 g/mol. The fourth-order valence-electron chi connectivity index (χ4n) is 1.54. The highest BCUT2D eigenvalue weighted by molar-refractivity contribution is 6.31. The van der Waals surface area contributed by atoms with Crippen molar-refractivity contribution >= 4 is 11.6 Å². The third-order valence-corrected chi connectivity index (χ3v) is 2.78. The largest absolute Gasteiger partial charge is 0.487 e. The number of rotatable bonds is 3. The van der Waals surface area contributed by atoms with Gasteiger partial charge in [0.2, 0.25) is 0 Å². The van der Waals surface area contributed by atoms with E-state index in [0.29, 0.717) is 22.0 Å². The smallest absolute Gasteiger partial charge is 0.147 e. The van der Waals surface area contributed by atoms with E-state index in [2.05, 4.69) is 4.98 Å². The number of nitriles is 2. The Balaban J connectivity index is 2.23. The standard InChI is InChI=1S/C14H8ClN3O/c15-12-4-1-5-14(11(12)7-16)19-9-10-3-2-6-18-13(10)8-17/h1-6H,9H2. The monoisotopic (exact) mass is 269 g/mol. The summed E-state index contributed by atoms with van der Waals surface area (Å²) in [5.74, 6) is 0.391. The number of hydrogen-bond acceptors (Lipinski definition) is 4. The van der Waals surface area contributed by atoms with E-state index >= 15 is 0 Å². The summed E-state index contributed by atoms with van der Waals surface area (Å²) in [5, 5.41) is 18.3. The lowest BCUT2D eigenvalue weighted by molar-refractivity contribution is 0.304. The van der Waals surface area contributed by atoms with E-state index in [-0.39, 0.29) is 12.2 Å². The van der Waals surface area contributed by atoms with E-state index in [1.807, 2.05) is 12.1 Å². The lowest BCUT2D eigenvalue weighted by Gasteiger charge is -2.09. The van der Waals surface area contributed by atoms with Crippen molar-refractivity contribution in [3.63, 3.8) is 0 Å². The topological polar surface area (TPSA) is 69.7 Å². The van der Waals surface area contributed by atoms with Crippen LogP contribution in [0.15, 0.2) is 36.5 Å². The van der Waals surface area contributed by atoms with Crippen LogP contribution >= 0.6 is 11.6 Å². The van der Waals surface area contributed by atoms with E-state index in [0.717, 1.165) is 0 Å². The van der Waals surface area contributed by atoms with Crippen molar-refractivity contribution in [2.75, 3.05) is 0 Å². The maximum absolute atomic E-state index is 9.02. The zero-order valence-electron chi connectivity index (χ0n) is 9.80. The Kier molecular flexibility index (Phi) is 3.97. The van der Waals surface area contributed by atoms with E-state index in [1.165, 1.54) is 0 Å². The second-order valence-electron chi connectivity index (χ2n) is 3.64. The molecule has 19 heavy (non-hydrogen) atoms. The fourth-order valence-corrected chi connectivity index (χ4v) is 1.75. The molecular formula is C14H8ClN3O. The van der Waals surface area contributed by atoms with Gasteiger partial charge in [-0.1, -0.05) is 23.7 Å². The van der Waals surface area contributed by atoms with Crippen molar-refractivity contribution in [1.82, 2.24) is 4.98 Å². The molecule has 0 radical (unpaired) electrons. The Morgan fingerprint density at radius 2 is 2.00 bits per heavy atom. The van der Waals surface area contributed by atoms with Crippen LogP contribution in [0.5, 0.6) is 5.75 Å². The maximum atomic E-state index is 9.02. The molecule has 0 aliphatic heterocycles. The van der Waals surface area contributed by atoms with E-state index in [4.69, 9.17) is 26.9 Å². The summed E-state index contributed by atoms with van der Waals surface area (Å²) < 4.78 is 5.54. The van der Waals surface area contributed by atoms with Crippen LogP contribution in [0.25, 0.3) is 0 Å². The van der Waals surface area contributed by atoms with Crippen molar-refractivity contribution in [3.8, 4) is 17.9 Å². The predicted molar refractivity (Wildman–Crippen MR) is 69.5 cm³/mol. The van der Waals surface area contributed by atoms with Gasteiger partial charge in [-0.15, -0.1) is 0 Å². The number of aromatic nitrogens is 1. The van der Waals surface area contributed by atoms with Crippen LogP contribution in [0, 0.1) is 22.7 Å². The minimum absolute atomic E-state index is 0.158. The molecule has 1 heterocycles. The molecule has 2 aromatic rings. The van der Waals surface area contributed by atoms with Gasteiger partial charge >= 0.3 is 0 Å². The van der Waals surface area contributed by atoms with Crippen molar-refractivity contribution < 1.29 is 4.74 Å². The molecule has 0 atom stereocenters. The second kappa shape index (κ2) is 5.86. The summed E-state index contributed by atoms with van der Waals surface area (Å²) in [7, 11) is 0. The SMILES string of the molecule is N#Cc1ncccc1COc1cccc(Cl)c1C#N. The average Bonchev–Trinajstić information content (AvgIpc) is 2.45. The third kappa shape index (κ3) is 2.82. The number of nitrogens with zero attached hydrogens (tertiary/aromatic N) is 3. The van der Waals surface area contributed by atoms with E-state index in [9.17, 15) is 0 Å². The number of halogens is 1. The Morgan fingerprint density at radius 3 is 2.74 bits per heavy atom. The van der Waals surface area contributed by atoms with Crippen molar-refractivity contribution in [2.24, 2.45) is 0 Å². The van der Waals surface area contributed by atoms with Gasteiger partial charge < -0.3 is 4.74 Å². The molecule has 0 aliphatic carbocycles. The van der Waals surface area contributed by atoms with Gasteiger partial charge in [-0.2, -0.15) is 10.5 Å². The Labute approximate surface area is 115 Å². The van der Waals surface area contributed by atoms with Gasteiger partial charge in [0.05, 0.1) is 5.02 Å². The summed E-state index contributed by atoms with van der Waals surface area (Å²) in [6.45, 7) is 0.158. The minimum Gasteiger partial charge on any atom is -0.487 e. The number of ether oxygens (including phenoxy) is 1. The molecule has 0 fully saturated rings. The highest BCUT2D eigenvalue weighted by atomic mass is 35.5. The number of pyridine rings is 1. The summed E-state index contributed by atoms with van der Waals surface area (Å²) in [5.41, 5.74) is 1.25. The van der Waals surface area contributed by atoms with Crippen LogP contribution in [-0.2, 0) is 6.61 Å². The van der Waals surface area contributed by atoms with Crippen LogP contribution in [0.3, 0.4) is 0 Å². The molecule has 92 valence electrons. The van der Waals surface area contributed by atoms with E-state index in [1.54, 1.807) is 36.5 Å². The molecule has 0 aliphatic rings. The average molecular weight is 270 g/mol. The molecule has 0 amide bonds. The molecule has 0 N–H and O–H groups in total. The lowest BCUT2D eigenvalue weighted by Crippen LogP contribution is -2.01. The molecule has 4 nitrogen and oxygen atoms in total. The summed E-state index contributed by atoms with van der Waals surface area (Å²) >= 11 is 5.90. The molecule has 0 bridgehead atoms. The van der Waals surface area contributed by atoms with Gasteiger partial charge in [-0.25, -0.2) is 4.98 Å².